The van der Waals surface area contributed by atoms with Crippen LogP contribution in [0.3, 0.4) is 0 Å². The third-order valence-electron chi connectivity index (χ3n) is 5.37. The highest BCUT2D eigenvalue weighted by atomic mass is 35.5. The molecule has 2 N–H and O–H groups in total. The van der Waals surface area contributed by atoms with Crippen molar-refractivity contribution in [3.63, 3.8) is 0 Å². The molecule has 0 aliphatic heterocycles. The first-order chi connectivity index (χ1) is 18.1. The molecule has 0 radical (unpaired) electrons. The van der Waals surface area contributed by atoms with Gasteiger partial charge in [-0.1, -0.05) is 54.1 Å². The molecule has 194 valence electrons. The number of benzene rings is 4. The van der Waals surface area contributed by atoms with Gasteiger partial charge in [-0.2, -0.15) is 13.2 Å². The lowest BCUT2D eigenvalue weighted by atomic mass is 10.1. The van der Waals surface area contributed by atoms with Gasteiger partial charge >= 0.3 is 6.18 Å². The van der Waals surface area contributed by atoms with Gasteiger partial charge in [-0.25, -0.2) is 4.39 Å². The smallest absolute Gasteiger partial charge is 0.324 e. The highest BCUT2D eigenvalue weighted by Crippen LogP contribution is 2.40. The van der Waals surface area contributed by atoms with Crippen LogP contribution in [0.5, 0.6) is 0 Å². The summed E-state index contributed by atoms with van der Waals surface area (Å²) >= 11 is 6.87. The third-order valence-corrected chi connectivity index (χ3v) is 6.87. The van der Waals surface area contributed by atoms with Crippen LogP contribution in [0.1, 0.15) is 26.7 Å². The largest absolute Gasteiger partial charge is 0.418 e. The van der Waals surface area contributed by atoms with Gasteiger partial charge in [0.15, 0.2) is 0 Å². The minimum Gasteiger partial charge on any atom is -0.324 e. The molecule has 0 saturated heterocycles. The van der Waals surface area contributed by atoms with Gasteiger partial charge in [0.05, 0.1) is 16.8 Å². The van der Waals surface area contributed by atoms with E-state index in [1.54, 1.807) is 60.7 Å². The average Bonchev–Trinajstić information content (AvgIpc) is 2.89. The Morgan fingerprint density at radius 2 is 1.47 bits per heavy atom. The highest BCUT2D eigenvalue weighted by molar-refractivity contribution is 8.00. The van der Waals surface area contributed by atoms with Crippen molar-refractivity contribution >= 4 is 46.6 Å². The second-order valence-electron chi connectivity index (χ2n) is 8.04. The van der Waals surface area contributed by atoms with E-state index in [9.17, 15) is 27.2 Å². The zero-order valence-corrected chi connectivity index (χ0v) is 21.0. The van der Waals surface area contributed by atoms with E-state index < -0.39 is 40.3 Å². The van der Waals surface area contributed by atoms with E-state index in [1.165, 1.54) is 24.3 Å². The van der Waals surface area contributed by atoms with Crippen molar-refractivity contribution in [3.05, 3.63) is 125 Å². The van der Waals surface area contributed by atoms with Gasteiger partial charge in [0, 0.05) is 15.6 Å². The Morgan fingerprint density at radius 1 is 0.816 bits per heavy atom. The van der Waals surface area contributed by atoms with E-state index in [0.717, 1.165) is 23.9 Å². The number of amides is 2. The molecular weight excluding hydrogens is 540 g/mol. The Kier molecular flexibility index (Phi) is 8.38. The Hall–Kier alpha value is -3.82. The van der Waals surface area contributed by atoms with Crippen molar-refractivity contribution in [3.8, 4) is 0 Å². The fourth-order valence-electron chi connectivity index (χ4n) is 3.56. The summed E-state index contributed by atoms with van der Waals surface area (Å²) in [5.41, 5.74) is -0.578. The molecule has 0 heterocycles. The first-order valence-electron chi connectivity index (χ1n) is 11.2. The fourth-order valence-corrected chi connectivity index (χ4v) is 4.75. The molecule has 1 atom stereocenters. The number of alkyl halides is 3. The van der Waals surface area contributed by atoms with Gasteiger partial charge in [0.1, 0.15) is 11.1 Å². The van der Waals surface area contributed by atoms with Crippen molar-refractivity contribution in [2.24, 2.45) is 0 Å². The van der Waals surface area contributed by atoms with E-state index in [-0.39, 0.29) is 10.6 Å². The second-order valence-corrected chi connectivity index (χ2v) is 9.66. The van der Waals surface area contributed by atoms with Crippen molar-refractivity contribution in [2.75, 3.05) is 10.6 Å². The van der Waals surface area contributed by atoms with E-state index in [4.69, 9.17) is 11.6 Å². The normalized spacial score (nSPS) is 12.0. The number of halogens is 5. The summed E-state index contributed by atoms with van der Waals surface area (Å²) in [6.45, 7) is 0. The van der Waals surface area contributed by atoms with Gasteiger partial charge < -0.3 is 10.6 Å². The molecule has 4 aromatic carbocycles. The van der Waals surface area contributed by atoms with Gasteiger partial charge in [0.2, 0.25) is 5.91 Å². The number of nitrogens with one attached hydrogen (secondary N) is 2. The molecule has 0 aliphatic carbocycles. The van der Waals surface area contributed by atoms with E-state index in [2.05, 4.69) is 10.6 Å². The minimum atomic E-state index is -4.72. The van der Waals surface area contributed by atoms with Crippen LogP contribution in [-0.4, -0.2) is 11.8 Å². The van der Waals surface area contributed by atoms with Gasteiger partial charge in [-0.05, 0) is 60.2 Å². The maximum Gasteiger partial charge on any atom is 0.418 e. The quantitative estimate of drug-likeness (QED) is 0.177. The third kappa shape index (κ3) is 6.73. The Morgan fingerprint density at radius 3 is 2.13 bits per heavy atom. The molecule has 4 nitrogen and oxygen atoms in total. The molecule has 4 aromatic rings. The number of thioether (sulfide) groups is 1. The first-order valence-corrected chi connectivity index (χ1v) is 12.4. The molecule has 0 spiro atoms. The van der Waals surface area contributed by atoms with Crippen LogP contribution in [0.4, 0.5) is 28.9 Å². The van der Waals surface area contributed by atoms with Gasteiger partial charge in [-0.3, -0.25) is 9.59 Å². The summed E-state index contributed by atoms with van der Waals surface area (Å²) in [5, 5.41) is 4.00. The molecule has 0 saturated carbocycles. The Bertz CT molecular complexity index is 1450. The van der Waals surface area contributed by atoms with E-state index in [0.29, 0.717) is 16.1 Å². The number of carbonyl (C=O) groups excluding carboxylic acids is 2. The van der Waals surface area contributed by atoms with Gasteiger partial charge in [-0.15, -0.1) is 11.8 Å². The van der Waals surface area contributed by atoms with Crippen LogP contribution in [0.2, 0.25) is 5.02 Å². The van der Waals surface area contributed by atoms with Crippen LogP contribution < -0.4 is 10.6 Å². The number of hydrogen-bond acceptors (Lipinski definition) is 3. The highest BCUT2D eigenvalue weighted by Gasteiger charge is 2.35. The van der Waals surface area contributed by atoms with Gasteiger partial charge in [0.25, 0.3) is 5.91 Å². The van der Waals surface area contributed by atoms with Crippen LogP contribution in [0.15, 0.2) is 102 Å². The molecule has 0 aliphatic rings. The summed E-state index contributed by atoms with van der Waals surface area (Å²) in [5.74, 6) is -1.93. The zero-order valence-electron chi connectivity index (χ0n) is 19.4. The van der Waals surface area contributed by atoms with Crippen molar-refractivity contribution in [1.29, 1.82) is 0 Å². The molecule has 38 heavy (non-hydrogen) atoms. The van der Waals surface area contributed by atoms with E-state index in [1.807, 2.05) is 0 Å². The molecular formula is C28H19ClF4N2O2S. The SMILES string of the molecule is O=C(Nc1ccc(SC(C(=O)Nc2ccc(Cl)cc2C(F)(F)F)c2ccccc2)cc1)c1ccccc1F. The van der Waals surface area contributed by atoms with Crippen LogP contribution in [-0.2, 0) is 11.0 Å². The summed E-state index contributed by atoms with van der Waals surface area (Å²) < 4.78 is 54.5. The summed E-state index contributed by atoms with van der Waals surface area (Å²) in [4.78, 5) is 26.2. The maximum atomic E-state index is 13.9. The molecule has 0 bridgehead atoms. The minimum absolute atomic E-state index is 0.104. The summed E-state index contributed by atoms with van der Waals surface area (Å²) in [6.07, 6.45) is -4.72. The molecule has 1 unspecified atom stereocenters. The predicted octanol–water partition coefficient (Wildman–Crippen LogP) is 8.22. The second kappa shape index (κ2) is 11.7. The number of carbonyl (C=O) groups is 2. The molecule has 0 fully saturated rings. The van der Waals surface area contributed by atoms with Crippen LogP contribution in [0.25, 0.3) is 0 Å². The lowest BCUT2D eigenvalue weighted by Crippen LogP contribution is -2.21. The number of rotatable bonds is 7. The van der Waals surface area contributed by atoms with Crippen molar-refractivity contribution in [1.82, 2.24) is 0 Å². The summed E-state index contributed by atoms with van der Waals surface area (Å²) in [7, 11) is 0. The number of hydrogen-bond donors (Lipinski definition) is 2. The van der Waals surface area contributed by atoms with Crippen LogP contribution in [0, 0.1) is 5.82 Å². The first kappa shape index (κ1) is 27.2. The maximum absolute atomic E-state index is 13.9. The van der Waals surface area contributed by atoms with Crippen molar-refractivity contribution < 1.29 is 27.2 Å². The zero-order chi connectivity index (χ0) is 27.3. The Balaban J connectivity index is 1.54. The average molecular weight is 559 g/mol. The van der Waals surface area contributed by atoms with E-state index >= 15 is 0 Å². The summed E-state index contributed by atoms with van der Waals surface area (Å²) in [6, 6.07) is 23.8. The fraction of sp³-hybridized carbons (Fsp3) is 0.0714. The lowest BCUT2D eigenvalue weighted by molar-refractivity contribution is -0.137. The Labute approximate surface area is 225 Å². The predicted molar refractivity (Wildman–Crippen MR) is 141 cm³/mol. The topological polar surface area (TPSA) is 58.2 Å². The molecule has 4 rings (SSSR count). The molecule has 0 aromatic heterocycles. The monoisotopic (exact) mass is 558 g/mol. The van der Waals surface area contributed by atoms with Crippen LogP contribution >= 0.6 is 23.4 Å². The number of anilines is 2. The molecule has 10 heteroatoms. The van der Waals surface area contributed by atoms with Crippen molar-refractivity contribution in [2.45, 2.75) is 16.3 Å². The molecule has 2 amide bonds. The standard InChI is InChI=1S/C28H19ClF4N2O2S/c29-18-10-15-24(22(16-18)28(31,32)33)35-27(37)25(17-6-2-1-3-7-17)38-20-13-11-19(12-14-20)34-26(36)21-8-4-5-9-23(21)30/h1-16,25H,(H,34,36)(H,35,37). The lowest BCUT2D eigenvalue weighted by Gasteiger charge is -2.19.